The van der Waals surface area contributed by atoms with Crippen LogP contribution < -0.4 is 0 Å². The molecule has 1 aliphatic rings. The van der Waals surface area contributed by atoms with E-state index in [9.17, 15) is 0 Å². The highest BCUT2D eigenvalue weighted by Gasteiger charge is 2.20. The van der Waals surface area contributed by atoms with Crippen molar-refractivity contribution in [1.29, 1.82) is 0 Å². The van der Waals surface area contributed by atoms with Gasteiger partial charge in [0.05, 0.1) is 5.69 Å². The highest BCUT2D eigenvalue weighted by atomic mass is 14.7. The first-order valence-corrected chi connectivity index (χ1v) is 7.55. The van der Waals surface area contributed by atoms with Gasteiger partial charge >= 0.3 is 0 Å². The molecule has 0 saturated heterocycles. The number of fused-ring (bicyclic) bond motifs is 1. The van der Waals surface area contributed by atoms with Crippen LogP contribution in [0.2, 0.25) is 0 Å². The van der Waals surface area contributed by atoms with E-state index in [0.29, 0.717) is 0 Å². The van der Waals surface area contributed by atoms with Crippen molar-refractivity contribution in [2.45, 2.75) is 19.3 Å². The first-order valence-electron chi connectivity index (χ1n) is 7.55. The molecular weight excluding hydrogens is 254 g/mol. The Balaban J connectivity index is 1.90. The van der Waals surface area contributed by atoms with Gasteiger partial charge in [-0.15, -0.1) is 0 Å². The van der Waals surface area contributed by atoms with Crippen molar-refractivity contribution >= 4 is 0 Å². The Labute approximate surface area is 125 Å². The van der Waals surface area contributed by atoms with Gasteiger partial charge in [0.15, 0.2) is 0 Å². The minimum Gasteiger partial charge on any atom is -0.255 e. The van der Waals surface area contributed by atoms with Gasteiger partial charge in [-0.1, -0.05) is 60.7 Å². The fraction of sp³-hybridized carbons (Fsp3) is 0.150. The highest BCUT2D eigenvalue weighted by molar-refractivity contribution is 5.75. The molecule has 0 amide bonds. The second-order valence-corrected chi connectivity index (χ2v) is 5.56. The summed E-state index contributed by atoms with van der Waals surface area (Å²) in [5.74, 6) is 0. The molecule has 1 heteroatoms. The van der Waals surface area contributed by atoms with Crippen LogP contribution in [0.5, 0.6) is 0 Å². The van der Waals surface area contributed by atoms with Crippen LogP contribution in [0.3, 0.4) is 0 Å². The Hall–Kier alpha value is -2.41. The molecule has 1 aliphatic carbocycles. The van der Waals surface area contributed by atoms with Crippen LogP contribution >= 0.6 is 0 Å². The largest absolute Gasteiger partial charge is 0.255 e. The molecule has 0 bridgehead atoms. The standard InChI is InChI=1S/C20H17N/c1-3-8-15(9-4-1)19-14-21-20(16-10-5-2-6-11-16)18-13-7-12-17(18)19/h1-6,8-11,14H,7,12-13H2. The van der Waals surface area contributed by atoms with E-state index < -0.39 is 0 Å². The summed E-state index contributed by atoms with van der Waals surface area (Å²) in [5.41, 5.74) is 7.93. The molecule has 0 aliphatic heterocycles. The van der Waals surface area contributed by atoms with Gasteiger partial charge in [-0.3, -0.25) is 4.98 Å². The first kappa shape index (κ1) is 12.3. The van der Waals surface area contributed by atoms with E-state index >= 15 is 0 Å². The topological polar surface area (TPSA) is 12.9 Å². The average molecular weight is 271 g/mol. The Morgan fingerprint density at radius 3 is 2.00 bits per heavy atom. The second kappa shape index (κ2) is 5.17. The Kier molecular flexibility index (Phi) is 3.04. The summed E-state index contributed by atoms with van der Waals surface area (Å²) in [7, 11) is 0. The normalized spacial score (nSPS) is 13.1. The Bertz CT molecular complexity index is 694. The third-order valence-electron chi connectivity index (χ3n) is 4.28. The fourth-order valence-corrected chi connectivity index (χ4v) is 3.30. The van der Waals surface area contributed by atoms with Gasteiger partial charge < -0.3 is 0 Å². The zero-order chi connectivity index (χ0) is 14.1. The molecule has 0 N–H and O–H groups in total. The minimum absolute atomic E-state index is 1.15. The van der Waals surface area contributed by atoms with E-state index in [2.05, 4.69) is 66.9 Å². The smallest absolute Gasteiger partial charge is 0.0737 e. The van der Waals surface area contributed by atoms with Gasteiger partial charge in [-0.25, -0.2) is 0 Å². The fourth-order valence-electron chi connectivity index (χ4n) is 3.30. The molecule has 21 heavy (non-hydrogen) atoms. The molecule has 0 fully saturated rings. The number of hydrogen-bond donors (Lipinski definition) is 0. The van der Waals surface area contributed by atoms with E-state index in [4.69, 9.17) is 4.98 Å². The Morgan fingerprint density at radius 2 is 1.29 bits per heavy atom. The molecule has 1 nitrogen and oxygen atoms in total. The summed E-state index contributed by atoms with van der Waals surface area (Å²) in [5, 5.41) is 0. The molecule has 2 aromatic carbocycles. The minimum atomic E-state index is 1.15. The lowest BCUT2D eigenvalue weighted by atomic mass is 9.96. The number of rotatable bonds is 2. The highest BCUT2D eigenvalue weighted by Crippen LogP contribution is 2.36. The van der Waals surface area contributed by atoms with E-state index in [1.807, 2.05) is 0 Å². The molecule has 4 rings (SSSR count). The van der Waals surface area contributed by atoms with E-state index in [1.165, 1.54) is 46.4 Å². The van der Waals surface area contributed by atoms with Crippen molar-refractivity contribution in [3.05, 3.63) is 78.0 Å². The number of hydrogen-bond acceptors (Lipinski definition) is 1. The average Bonchev–Trinajstić information content (AvgIpc) is 3.05. The zero-order valence-corrected chi connectivity index (χ0v) is 11.9. The molecule has 1 aromatic heterocycles. The predicted octanol–water partition coefficient (Wildman–Crippen LogP) is 4.90. The molecule has 102 valence electrons. The lowest BCUT2D eigenvalue weighted by Gasteiger charge is -2.12. The molecule has 0 atom stereocenters. The maximum atomic E-state index is 4.80. The Morgan fingerprint density at radius 1 is 0.667 bits per heavy atom. The predicted molar refractivity (Wildman–Crippen MR) is 87.1 cm³/mol. The number of aromatic nitrogens is 1. The van der Waals surface area contributed by atoms with Crippen molar-refractivity contribution in [1.82, 2.24) is 4.98 Å². The summed E-state index contributed by atoms with van der Waals surface area (Å²) in [4.78, 5) is 4.80. The number of nitrogens with zero attached hydrogens (tertiary/aromatic N) is 1. The van der Waals surface area contributed by atoms with Crippen molar-refractivity contribution in [3.8, 4) is 22.4 Å². The van der Waals surface area contributed by atoms with Crippen LogP contribution in [0.15, 0.2) is 66.9 Å². The van der Waals surface area contributed by atoms with E-state index in [-0.39, 0.29) is 0 Å². The van der Waals surface area contributed by atoms with Gasteiger partial charge in [-0.05, 0) is 36.0 Å². The maximum absolute atomic E-state index is 4.80. The van der Waals surface area contributed by atoms with Gasteiger partial charge in [0.2, 0.25) is 0 Å². The summed E-state index contributed by atoms with van der Waals surface area (Å²) in [6.07, 6.45) is 5.61. The van der Waals surface area contributed by atoms with Gasteiger partial charge in [0.1, 0.15) is 0 Å². The molecule has 1 heterocycles. The van der Waals surface area contributed by atoms with Crippen molar-refractivity contribution in [2.75, 3.05) is 0 Å². The van der Waals surface area contributed by atoms with E-state index in [0.717, 1.165) is 6.42 Å². The van der Waals surface area contributed by atoms with Crippen molar-refractivity contribution in [2.24, 2.45) is 0 Å². The van der Waals surface area contributed by atoms with Crippen LogP contribution in [-0.4, -0.2) is 4.98 Å². The summed E-state index contributed by atoms with van der Waals surface area (Å²) in [6.45, 7) is 0. The lowest BCUT2D eigenvalue weighted by molar-refractivity contribution is 0.912. The molecule has 0 saturated carbocycles. The number of benzene rings is 2. The van der Waals surface area contributed by atoms with Crippen molar-refractivity contribution < 1.29 is 0 Å². The summed E-state index contributed by atoms with van der Waals surface area (Å²) >= 11 is 0. The van der Waals surface area contributed by atoms with E-state index in [1.54, 1.807) is 0 Å². The van der Waals surface area contributed by atoms with Crippen molar-refractivity contribution in [3.63, 3.8) is 0 Å². The third-order valence-corrected chi connectivity index (χ3v) is 4.28. The summed E-state index contributed by atoms with van der Waals surface area (Å²) < 4.78 is 0. The van der Waals surface area contributed by atoms with Crippen LogP contribution in [0.4, 0.5) is 0 Å². The molecule has 3 aromatic rings. The quantitative estimate of drug-likeness (QED) is 0.645. The van der Waals surface area contributed by atoms with Crippen LogP contribution in [-0.2, 0) is 12.8 Å². The van der Waals surface area contributed by atoms with Gasteiger partial charge in [0.25, 0.3) is 0 Å². The van der Waals surface area contributed by atoms with Crippen LogP contribution in [0.25, 0.3) is 22.4 Å². The maximum Gasteiger partial charge on any atom is 0.0737 e. The second-order valence-electron chi connectivity index (χ2n) is 5.56. The SMILES string of the molecule is c1ccc(-c2cnc(-c3ccccc3)c3c2CCC3)cc1. The zero-order valence-electron chi connectivity index (χ0n) is 11.9. The first-order chi connectivity index (χ1) is 10.4. The van der Waals surface area contributed by atoms with Crippen LogP contribution in [0.1, 0.15) is 17.5 Å². The lowest BCUT2D eigenvalue weighted by Crippen LogP contribution is -1.96. The monoisotopic (exact) mass is 271 g/mol. The van der Waals surface area contributed by atoms with Gasteiger partial charge in [-0.2, -0.15) is 0 Å². The number of pyridine rings is 1. The molecule has 0 spiro atoms. The molecule has 0 radical (unpaired) electrons. The van der Waals surface area contributed by atoms with Crippen LogP contribution in [0, 0.1) is 0 Å². The van der Waals surface area contributed by atoms with Gasteiger partial charge in [0, 0.05) is 17.3 Å². The molecule has 0 unspecified atom stereocenters. The molecular formula is C20H17N. The third kappa shape index (κ3) is 2.15. The summed E-state index contributed by atoms with van der Waals surface area (Å²) in [6, 6.07) is 21.2.